The van der Waals surface area contributed by atoms with Crippen LogP contribution in [0.2, 0.25) is 0 Å². The molecule has 1 nitrogen and oxygen atoms in total. The van der Waals surface area contributed by atoms with Crippen LogP contribution in [0.3, 0.4) is 0 Å². The summed E-state index contributed by atoms with van der Waals surface area (Å²) in [5.41, 5.74) is 7.71. The van der Waals surface area contributed by atoms with Gasteiger partial charge in [-0.05, 0) is 95.0 Å². The van der Waals surface area contributed by atoms with Gasteiger partial charge >= 0.3 is 0 Å². The van der Waals surface area contributed by atoms with E-state index in [0.29, 0.717) is 22.3 Å². The van der Waals surface area contributed by atoms with Gasteiger partial charge in [0.05, 0.1) is 5.48 Å². The van der Waals surface area contributed by atoms with E-state index in [1.54, 1.807) is 0 Å². The fraction of sp³-hybridized carbons (Fsp3) is 0. The van der Waals surface area contributed by atoms with Gasteiger partial charge in [0.15, 0.2) is 0 Å². The van der Waals surface area contributed by atoms with Crippen molar-refractivity contribution in [2.24, 2.45) is 0 Å². The molecule has 0 fully saturated rings. The Kier molecular flexibility index (Phi) is 5.38. The SMILES string of the molecule is [2H]c1c([2H])c(-c2c3ccccc3c(-c3cccc4oc5cc6ccccc6cc5c34)c3ccccc23)c([2H])c([2H])c1-c1ccc(-c2ccccc2)cc1. The number of hydrogen-bond acceptors (Lipinski definition) is 1. The Labute approximate surface area is 289 Å². The van der Waals surface area contributed by atoms with Crippen LogP contribution < -0.4 is 0 Å². The highest BCUT2D eigenvalue weighted by molar-refractivity contribution is 6.26. The third kappa shape index (κ3) is 4.47. The summed E-state index contributed by atoms with van der Waals surface area (Å²) in [6.45, 7) is 0. The summed E-state index contributed by atoms with van der Waals surface area (Å²) in [6, 6.07) is 52.6. The Morgan fingerprint density at radius 2 is 0.857 bits per heavy atom. The highest BCUT2D eigenvalue weighted by atomic mass is 16.3. The van der Waals surface area contributed by atoms with Crippen LogP contribution in [0.15, 0.2) is 186 Å². The Morgan fingerprint density at radius 3 is 1.51 bits per heavy atom. The summed E-state index contributed by atoms with van der Waals surface area (Å²) in [5.74, 6) is 0. The first-order valence-corrected chi connectivity index (χ1v) is 16.5. The van der Waals surface area contributed by atoms with E-state index < -0.39 is 0 Å². The van der Waals surface area contributed by atoms with E-state index in [1.165, 1.54) is 0 Å². The average molecular weight is 627 g/mol. The molecule has 0 unspecified atom stereocenters. The fourth-order valence-corrected chi connectivity index (χ4v) is 7.45. The van der Waals surface area contributed by atoms with Crippen molar-refractivity contribution in [3.8, 4) is 44.5 Å². The number of fused-ring (bicyclic) bond motifs is 6. The van der Waals surface area contributed by atoms with Crippen molar-refractivity contribution in [2.75, 3.05) is 0 Å². The first-order valence-electron chi connectivity index (χ1n) is 18.5. The molecule has 228 valence electrons. The van der Waals surface area contributed by atoms with Crippen LogP contribution in [-0.2, 0) is 0 Å². The van der Waals surface area contributed by atoms with E-state index in [-0.39, 0.29) is 24.2 Å². The minimum atomic E-state index is -0.0639. The maximum atomic E-state index is 9.45. The summed E-state index contributed by atoms with van der Waals surface area (Å²) in [7, 11) is 0. The Balaban J connectivity index is 1.23. The molecule has 0 aliphatic carbocycles. The molecule has 0 N–H and O–H groups in total. The van der Waals surface area contributed by atoms with Gasteiger partial charge in [-0.25, -0.2) is 0 Å². The van der Waals surface area contributed by atoms with Crippen molar-refractivity contribution in [1.82, 2.24) is 0 Å². The maximum absolute atomic E-state index is 9.45. The normalized spacial score (nSPS) is 12.8. The zero-order valence-corrected chi connectivity index (χ0v) is 26.4. The van der Waals surface area contributed by atoms with Gasteiger partial charge in [0.2, 0.25) is 0 Å². The van der Waals surface area contributed by atoms with Gasteiger partial charge in [0, 0.05) is 10.8 Å². The predicted octanol–water partition coefficient (Wildman–Crippen LogP) is 13.7. The molecule has 10 rings (SSSR count). The van der Waals surface area contributed by atoms with E-state index in [4.69, 9.17) is 4.42 Å². The van der Waals surface area contributed by atoms with E-state index in [9.17, 15) is 5.48 Å². The molecule has 1 aromatic heterocycles. The molecular formula is C48H30O. The van der Waals surface area contributed by atoms with Crippen molar-refractivity contribution < 1.29 is 9.90 Å². The van der Waals surface area contributed by atoms with Gasteiger partial charge in [0.1, 0.15) is 11.2 Å². The molecule has 0 aliphatic heterocycles. The van der Waals surface area contributed by atoms with Gasteiger partial charge in [-0.15, -0.1) is 0 Å². The molecule has 0 spiro atoms. The van der Waals surface area contributed by atoms with Crippen LogP contribution >= 0.6 is 0 Å². The fourth-order valence-electron chi connectivity index (χ4n) is 7.45. The van der Waals surface area contributed by atoms with Crippen molar-refractivity contribution in [3.63, 3.8) is 0 Å². The molecule has 0 amide bonds. The molecule has 1 heteroatoms. The Hall–Kier alpha value is -6.44. The van der Waals surface area contributed by atoms with Crippen molar-refractivity contribution >= 4 is 54.3 Å². The van der Waals surface area contributed by atoms with E-state index in [0.717, 1.165) is 76.5 Å². The van der Waals surface area contributed by atoms with Crippen LogP contribution in [0, 0.1) is 0 Å². The van der Waals surface area contributed by atoms with Gasteiger partial charge < -0.3 is 4.42 Å². The Bertz CT molecular complexity index is 3000. The molecule has 1 heterocycles. The molecule has 0 saturated heterocycles. The van der Waals surface area contributed by atoms with Crippen LogP contribution in [0.4, 0.5) is 0 Å². The van der Waals surface area contributed by atoms with E-state index in [2.05, 4.69) is 48.5 Å². The minimum Gasteiger partial charge on any atom is -0.456 e. The Morgan fingerprint density at radius 1 is 0.347 bits per heavy atom. The second-order valence-electron chi connectivity index (χ2n) is 12.5. The van der Waals surface area contributed by atoms with Crippen molar-refractivity contribution in [2.45, 2.75) is 0 Å². The lowest BCUT2D eigenvalue weighted by molar-refractivity contribution is 0.669. The number of rotatable bonds is 4. The van der Waals surface area contributed by atoms with Gasteiger partial charge in [0.25, 0.3) is 0 Å². The van der Waals surface area contributed by atoms with E-state index in [1.807, 2.05) is 109 Å². The first kappa shape index (κ1) is 23.8. The summed E-state index contributed by atoms with van der Waals surface area (Å²) in [6.07, 6.45) is 0. The van der Waals surface area contributed by atoms with Crippen LogP contribution in [0.5, 0.6) is 0 Å². The summed E-state index contributed by atoms with van der Waals surface area (Å²) in [4.78, 5) is 0. The summed E-state index contributed by atoms with van der Waals surface area (Å²) >= 11 is 0. The topological polar surface area (TPSA) is 13.1 Å². The molecule has 0 bridgehead atoms. The highest BCUT2D eigenvalue weighted by Crippen LogP contribution is 2.47. The standard InChI is InChI=1S/C48H30O/c1-2-11-31(12-3-1)32-21-23-33(24-22-32)34-25-27-35(28-26-34)46-38-15-6-8-17-40(38)47(41-18-9-7-16-39(41)46)42-19-10-20-44-48(42)43-29-36-13-4-5-14-37(36)30-45(43)49-44/h1-30H/i25D,26D,27D,28D. The summed E-state index contributed by atoms with van der Waals surface area (Å²) < 4.78 is 43.9. The number of benzene rings is 9. The molecule has 49 heavy (non-hydrogen) atoms. The third-order valence-electron chi connectivity index (χ3n) is 9.72. The molecule has 0 atom stereocenters. The van der Waals surface area contributed by atoms with Gasteiger partial charge in [-0.2, -0.15) is 0 Å². The second-order valence-corrected chi connectivity index (χ2v) is 12.5. The lowest BCUT2D eigenvalue weighted by Crippen LogP contribution is -1.91. The molecule has 0 radical (unpaired) electrons. The smallest absolute Gasteiger partial charge is 0.136 e. The van der Waals surface area contributed by atoms with Gasteiger partial charge in [-0.3, -0.25) is 0 Å². The van der Waals surface area contributed by atoms with Crippen LogP contribution in [0.25, 0.3) is 98.8 Å². The van der Waals surface area contributed by atoms with Crippen molar-refractivity contribution in [3.05, 3.63) is 182 Å². The molecule has 10 aromatic rings. The highest BCUT2D eigenvalue weighted by Gasteiger charge is 2.20. The quantitative estimate of drug-likeness (QED) is 0.177. The lowest BCUT2D eigenvalue weighted by Gasteiger charge is -2.18. The monoisotopic (exact) mass is 626 g/mol. The van der Waals surface area contributed by atoms with Gasteiger partial charge in [-0.1, -0.05) is 164 Å². The van der Waals surface area contributed by atoms with Crippen LogP contribution in [0.1, 0.15) is 5.48 Å². The molecular weight excluding hydrogens is 593 g/mol. The minimum absolute atomic E-state index is 0.0624. The molecule has 0 aliphatic rings. The molecule has 9 aromatic carbocycles. The number of furan rings is 1. The first-order chi connectivity index (χ1) is 26.0. The van der Waals surface area contributed by atoms with Crippen molar-refractivity contribution in [1.29, 1.82) is 0 Å². The van der Waals surface area contributed by atoms with E-state index >= 15 is 0 Å². The second kappa shape index (κ2) is 11.1. The van der Waals surface area contributed by atoms with Crippen LogP contribution in [-0.4, -0.2) is 0 Å². The number of hydrogen-bond donors (Lipinski definition) is 0. The average Bonchev–Trinajstić information content (AvgIpc) is 3.57. The maximum Gasteiger partial charge on any atom is 0.136 e. The zero-order chi connectivity index (χ0) is 35.8. The third-order valence-corrected chi connectivity index (χ3v) is 9.72. The lowest BCUT2D eigenvalue weighted by atomic mass is 9.84. The predicted molar refractivity (Wildman–Crippen MR) is 208 cm³/mol. The zero-order valence-electron chi connectivity index (χ0n) is 30.4. The largest absolute Gasteiger partial charge is 0.456 e. The summed E-state index contributed by atoms with van der Waals surface area (Å²) in [5, 5.41) is 7.97. The molecule has 0 saturated carbocycles.